The Morgan fingerprint density at radius 2 is 2.32 bits per heavy atom. The van der Waals surface area contributed by atoms with Crippen LogP contribution in [0.15, 0.2) is 29.0 Å². The van der Waals surface area contributed by atoms with Crippen molar-refractivity contribution in [2.24, 2.45) is 0 Å². The molecule has 1 saturated heterocycles. The Morgan fingerprint density at radius 3 is 3.04 bits per heavy atom. The summed E-state index contributed by atoms with van der Waals surface area (Å²) in [4.78, 5) is 25.2. The normalized spacial score (nSPS) is 19.8. The Balaban J connectivity index is 1.71. The Morgan fingerprint density at radius 1 is 1.46 bits per heavy atom. The SMILES string of the molecule is COCCCNC(=O)N1CC[C@@H](N(C)C)[C@@H](c2nc(-c3cccnc3)no2)C1. The second-order valence-electron chi connectivity index (χ2n) is 7.15. The van der Waals surface area contributed by atoms with E-state index in [0.717, 1.165) is 18.4 Å². The van der Waals surface area contributed by atoms with E-state index in [1.54, 1.807) is 19.5 Å². The maximum absolute atomic E-state index is 12.5. The second kappa shape index (κ2) is 9.61. The van der Waals surface area contributed by atoms with Gasteiger partial charge in [0, 0.05) is 57.3 Å². The van der Waals surface area contributed by atoms with Gasteiger partial charge in [0.25, 0.3) is 0 Å². The van der Waals surface area contributed by atoms with Crippen LogP contribution in [-0.4, -0.2) is 84.4 Å². The molecule has 0 saturated carbocycles. The van der Waals surface area contributed by atoms with Crippen LogP contribution in [0.4, 0.5) is 4.79 Å². The molecule has 1 aliphatic rings. The number of rotatable bonds is 7. The van der Waals surface area contributed by atoms with Gasteiger partial charge in [-0.25, -0.2) is 4.79 Å². The van der Waals surface area contributed by atoms with Crippen molar-refractivity contribution in [3.8, 4) is 11.4 Å². The van der Waals surface area contributed by atoms with Crippen LogP contribution in [0.25, 0.3) is 11.4 Å². The summed E-state index contributed by atoms with van der Waals surface area (Å²) in [5.41, 5.74) is 0.808. The summed E-state index contributed by atoms with van der Waals surface area (Å²) < 4.78 is 10.6. The average Bonchev–Trinajstić information content (AvgIpc) is 3.21. The lowest BCUT2D eigenvalue weighted by atomic mass is 9.91. The lowest BCUT2D eigenvalue weighted by Gasteiger charge is -2.39. The van der Waals surface area contributed by atoms with Gasteiger partial charge in [-0.05, 0) is 39.1 Å². The van der Waals surface area contributed by atoms with Gasteiger partial charge in [0.2, 0.25) is 11.7 Å². The standard InChI is InChI=1S/C19H28N6O3/c1-24(2)16-7-10-25(19(26)21-9-5-11-27-3)13-15(16)18-22-17(23-28-18)14-6-4-8-20-12-14/h4,6,8,12,15-16H,5,7,9-11,13H2,1-3H3,(H,21,26)/t15-,16+/m0/s1. The summed E-state index contributed by atoms with van der Waals surface area (Å²) in [6.07, 6.45) is 5.04. The van der Waals surface area contributed by atoms with Crippen LogP contribution in [0.5, 0.6) is 0 Å². The predicted octanol–water partition coefficient (Wildman–Crippen LogP) is 1.60. The smallest absolute Gasteiger partial charge is 0.317 e. The van der Waals surface area contributed by atoms with Crippen LogP contribution in [-0.2, 0) is 4.74 Å². The summed E-state index contributed by atoms with van der Waals surface area (Å²) in [5, 5.41) is 7.07. The lowest BCUT2D eigenvalue weighted by molar-refractivity contribution is 0.115. The number of nitrogens with zero attached hydrogens (tertiary/aromatic N) is 5. The summed E-state index contributed by atoms with van der Waals surface area (Å²) >= 11 is 0. The molecule has 3 heterocycles. The maximum Gasteiger partial charge on any atom is 0.317 e. The Bertz CT molecular complexity index is 751. The minimum Gasteiger partial charge on any atom is -0.385 e. The molecule has 1 N–H and O–H groups in total. The van der Waals surface area contributed by atoms with E-state index < -0.39 is 0 Å². The molecule has 2 aromatic heterocycles. The molecule has 2 atom stereocenters. The van der Waals surface area contributed by atoms with Gasteiger partial charge in [0.15, 0.2) is 0 Å². The van der Waals surface area contributed by atoms with Crippen molar-refractivity contribution in [2.75, 3.05) is 47.4 Å². The average molecular weight is 388 g/mol. The van der Waals surface area contributed by atoms with E-state index in [9.17, 15) is 4.79 Å². The van der Waals surface area contributed by atoms with Crippen molar-refractivity contribution in [1.82, 2.24) is 30.2 Å². The number of aromatic nitrogens is 3. The van der Waals surface area contributed by atoms with Crippen LogP contribution in [0.2, 0.25) is 0 Å². The number of likely N-dealkylation sites (N-methyl/N-ethyl adjacent to an activating group) is 1. The first-order chi connectivity index (χ1) is 13.6. The van der Waals surface area contributed by atoms with Gasteiger partial charge in [-0.15, -0.1) is 0 Å². The van der Waals surface area contributed by atoms with Crippen LogP contribution in [0.3, 0.4) is 0 Å². The number of piperidine rings is 1. The number of nitrogens with one attached hydrogen (secondary N) is 1. The molecule has 2 amide bonds. The van der Waals surface area contributed by atoms with Crippen LogP contribution < -0.4 is 5.32 Å². The number of carbonyl (C=O) groups is 1. The van der Waals surface area contributed by atoms with Gasteiger partial charge < -0.3 is 24.4 Å². The van der Waals surface area contributed by atoms with Gasteiger partial charge in [-0.3, -0.25) is 4.98 Å². The number of pyridine rings is 1. The van der Waals surface area contributed by atoms with Crippen LogP contribution >= 0.6 is 0 Å². The Labute approximate surface area is 165 Å². The molecule has 0 aliphatic carbocycles. The third-order valence-corrected chi connectivity index (χ3v) is 5.01. The summed E-state index contributed by atoms with van der Waals surface area (Å²) in [6, 6.07) is 3.89. The number of likely N-dealkylation sites (tertiary alicyclic amines) is 1. The zero-order chi connectivity index (χ0) is 19.9. The minimum atomic E-state index is -0.0645. The summed E-state index contributed by atoms with van der Waals surface area (Å²) in [5.74, 6) is 1.02. The fourth-order valence-corrected chi connectivity index (χ4v) is 3.51. The first-order valence-corrected chi connectivity index (χ1v) is 9.52. The van der Waals surface area contributed by atoms with Gasteiger partial charge in [0.1, 0.15) is 0 Å². The van der Waals surface area contributed by atoms with Gasteiger partial charge in [-0.2, -0.15) is 4.98 Å². The van der Waals surface area contributed by atoms with Crippen LogP contribution in [0, 0.1) is 0 Å². The predicted molar refractivity (Wildman–Crippen MR) is 104 cm³/mol. The molecule has 9 nitrogen and oxygen atoms in total. The number of ether oxygens (including phenoxy) is 1. The van der Waals surface area contributed by atoms with Gasteiger partial charge >= 0.3 is 6.03 Å². The fourth-order valence-electron chi connectivity index (χ4n) is 3.51. The third-order valence-electron chi connectivity index (χ3n) is 5.01. The molecule has 0 spiro atoms. The topological polar surface area (TPSA) is 96.6 Å². The van der Waals surface area contributed by atoms with E-state index in [-0.39, 0.29) is 18.0 Å². The molecule has 3 rings (SSSR count). The highest BCUT2D eigenvalue weighted by Crippen LogP contribution is 2.30. The molecule has 2 aromatic rings. The van der Waals surface area contributed by atoms with Gasteiger partial charge in [-0.1, -0.05) is 5.16 Å². The highest BCUT2D eigenvalue weighted by atomic mass is 16.5. The van der Waals surface area contributed by atoms with Crippen molar-refractivity contribution in [1.29, 1.82) is 0 Å². The molecule has 0 unspecified atom stereocenters. The molecular weight excluding hydrogens is 360 g/mol. The van der Waals surface area contributed by atoms with Crippen molar-refractivity contribution < 1.29 is 14.1 Å². The van der Waals surface area contributed by atoms with Crippen molar-refractivity contribution in [3.05, 3.63) is 30.4 Å². The first kappa shape index (κ1) is 20.2. The zero-order valence-electron chi connectivity index (χ0n) is 16.7. The molecule has 28 heavy (non-hydrogen) atoms. The molecule has 0 bridgehead atoms. The van der Waals surface area contributed by atoms with E-state index in [0.29, 0.717) is 38.0 Å². The van der Waals surface area contributed by atoms with Gasteiger partial charge in [0.05, 0.1) is 5.92 Å². The summed E-state index contributed by atoms with van der Waals surface area (Å²) in [7, 11) is 5.73. The van der Waals surface area contributed by atoms with E-state index in [2.05, 4.69) is 25.3 Å². The minimum absolute atomic E-state index is 0.0496. The molecule has 9 heteroatoms. The summed E-state index contributed by atoms with van der Waals surface area (Å²) in [6.45, 7) is 2.45. The van der Waals surface area contributed by atoms with E-state index >= 15 is 0 Å². The van der Waals surface area contributed by atoms with E-state index in [4.69, 9.17) is 9.26 Å². The largest absolute Gasteiger partial charge is 0.385 e. The lowest BCUT2D eigenvalue weighted by Crippen LogP contribution is -2.52. The number of hydrogen-bond donors (Lipinski definition) is 1. The number of hydrogen-bond acceptors (Lipinski definition) is 7. The van der Waals surface area contributed by atoms with E-state index in [1.807, 2.05) is 31.1 Å². The van der Waals surface area contributed by atoms with Crippen molar-refractivity contribution in [2.45, 2.75) is 24.8 Å². The zero-order valence-corrected chi connectivity index (χ0v) is 16.7. The number of amides is 2. The van der Waals surface area contributed by atoms with Crippen LogP contribution in [0.1, 0.15) is 24.7 Å². The molecule has 0 radical (unpaired) electrons. The Kier molecular flexibility index (Phi) is 6.94. The number of methoxy groups -OCH3 is 1. The number of urea groups is 1. The Hall–Kier alpha value is -2.52. The molecular formula is C19H28N6O3. The highest BCUT2D eigenvalue weighted by molar-refractivity contribution is 5.74. The highest BCUT2D eigenvalue weighted by Gasteiger charge is 2.37. The maximum atomic E-state index is 12.5. The first-order valence-electron chi connectivity index (χ1n) is 9.52. The van der Waals surface area contributed by atoms with Crippen molar-refractivity contribution >= 4 is 6.03 Å². The molecule has 1 fully saturated rings. The second-order valence-corrected chi connectivity index (χ2v) is 7.15. The molecule has 152 valence electrons. The number of carbonyl (C=O) groups excluding carboxylic acids is 1. The third kappa shape index (κ3) is 4.85. The fraction of sp³-hybridized carbons (Fsp3) is 0.579. The van der Waals surface area contributed by atoms with Crippen molar-refractivity contribution in [3.63, 3.8) is 0 Å². The molecule has 0 aromatic carbocycles. The van der Waals surface area contributed by atoms with E-state index in [1.165, 1.54) is 0 Å². The molecule has 1 aliphatic heterocycles. The monoisotopic (exact) mass is 388 g/mol. The quantitative estimate of drug-likeness (QED) is 0.720.